The zero-order chi connectivity index (χ0) is 13.8. The summed E-state index contributed by atoms with van der Waals surface area (Å²) in [4.78, 5) is 36.6. The van der Waals surface area contributed by atoms with Crippen molar-refractivity contribution in [3.05, 3.63) is 24.3 Å². The van der Waals surface area contributed by atoms with Gasteiger partial charge in [-0.05, 0) is 30.5 Å². The standard InChI is InChI=1S/C13H14N2O3S/c1-19-10-4-2-9(3-5-10)14-11(16)8-15-12(17)6-7-13(15)18/h2-5H,6-8H2,1H3,(H,14,16). The molecule has 19 heavy (non-hydrogen) atoms. The van der Waals surface area contributed by atoms with Crippen LogP contribution in [0.5, 0.6) is 0 Å². The van der Waals surface area contributed by atoms with Gasteiger partial charge in [0.2, 0.25) is 17.7 Å². The van der Waals surface area contributed by atoms with Gasteiger partial charge in [-0.25, -0.2) is 0 Å². The Bertz CT molecular complexity index is 497. The van der Waals surface area contributed by atoms with E-state index in [9.17, 15) is 14.4 Å². The molecule has 0 spiro atoms. The predicted molar refractivity (Wildman–Crippen MR) is 72.8 cm³/mol. The van der Waals surface area contributed by atoms with Gasteiger partial charge in [0.1, 0.15) is 6.54 Å². The number of imide groups is 1. The summed E-state index contributed by atoms with van der Waals surface area (Å²) in [6, 6.07) is 7.37. The van der Waals surface area contributed by atoms with E-state index >= 15 is 0 Å². The average Bonchev–Trinajstić information content (AvgIpc) is 2.71. The van der Waals surface area contributed by atoms with Gasteiger partial charge in [0, 0.05) is 23.4 Å². The highest BCUT2D eigenvalue weighted by Gasteiger charge is 2.30. The molecule has 0 aromatic heterocycles. The molecule has 6 heteroatoms. The number of nitrogens with zero attached hydrogens (tertiary/aromatic N) is 1. The number of hydrogen-bond donors (Lipinski definition) is 1. The molecule has 1 aromatic rings. The number of anilines is 1. The largest absolute Gasteiger partial charge is 0.325 e. The number of carbonyl (C=O) groups excluding carboxylic acids is 3. The van der Waals surface area contributed by atoms with Crippen LogP contribution in [0.15, 0.2) is 29.2 Å². The first-order valence-corrected chi connectivity index (χ1v) is 7.09. The molecule has 1 aliphatic rings. The maximum Gasteiger partial charge on any atom is 0.244 e. The van der Waals surface area contributed by atoms with Crippen molar-refractivity contribution < 1.29 is 14.4 Å². The van der Waals surface area contributed by atoms with Gasteiger partial charge in [-0.1, -0.05) is 0 Å². The molecule has 100 valence electrons. The fraction of sp³-hybridized carbons (Fsp3) is 0.308. The average molecular weight is 278 g/mol. The zero-order valence-electron chi connectivity index (χ0n) is 10.5. The lowest BCUT2D eigenvalue weighted by Gasteiger charge is -2.13. The molecule has 3 amide bonds. The summed E-state index contributed by atoms with van der Waals surface area (Å²) in [5, 5.41) is 2.67. The molecule has 0 bridgehead atoms. The van der Waals surface area contributed by atoms with Crippen molar-refractivity contribution >= 4 is 35.2 Å². The highest BCUT2D eigenvalue weighted by molar-refractivity contribution is 7.98. The van der Waals surface area contributed by atoms with Crippen molar-refractivity contribution in [2.24, 2.45) is 0 Å². The van der Waals surface area contributed by atoms with Crippen molar-refractivity contribution in [2.45, 2.75) is 17.7 Å². The third kappa shape index (κ3) is 3.35. The minimum atomic E-state index is -0.361. The second-order valence-electron chi connectivity index (χ2n) is 4.15. The Morgan fingerprint density at radius 1 is 1.21 bits per heavy atom. The molecule has 1 heterocycles. The summed E-state index contributed by atoms with van der Waals surface area (Å²) in [5.41, 5.74) is 0.655. The van der Waals surface area contributed by atoms with Crippen molar-refractivity contribution in [3.63, 3.8) is 0 Å². The molecular weight excluding hydrogens is 264 g/mol. The number of rotatable bonds is 4. The van der Waals surface area contributed by atoms with Gasteiger partial charge >= 0.3 is 0 Å². The van der Waals surface area contributed by atoms with Crippen LogP contribution in [0.3, 0.4) is 0 Å². The molecular formula is C13H14N2O3S. The topological polar surface area (TPSA) is 66.5 Å². The van der Waals surface area contributed by atoms with E-state index in [2.05, 4.69) is 5.32 Å². The Hall–Kier alpha value is -1.82. The number of carbonyl (C=O) groups is 3. The quantitative estimate of drug-likeness (QED) is 0.669. The van der Waals surface area contributed by atoms with Crippen LogP contribution in [0.4, 0.5) is 5.69 Å². The van der Waals surface area contributed by atoms with Crippen molar-refractivity contribution in [2.75, 3.05) is 18.1 Å². The Morgan fingerprint density at radius 2 is 1.79 bits per heavy atom. The molecule has 1 fully saturated rings. The zero-order valence-corrected chi connectivity index (χ0v) is 11.3. The Balaban J connectivity index is 1.93. The van der Waals surface area contributed by atoms with Crippen LogP contribution in [0, 0.1) is 0 Å². The fourth-order valence-electron chi connectivity index (χ4n) is 1.82. The number of hydrogen-bond acceptors (Lipinski definition) is 4. The maximum absolute atomic E-state index is 11.8. The lowest BCUT2D eigenvalue weighted by Crippen LogP contribution is -2.36. The van der Waals surface area contributed by atoms with Crippen LogP contribution < -0.4 is 5.32 Å². The van der Waals surface area contributed by atoms with Gasteiger partial charge < -0.3 is 5.32 Å². The van der Waals surface area contributed by atoms with E-state index in [1.165, 1.54) is 0 Å². The van der Waals surface area contributed by atoms with Gasteiger partial charge in [0.15, 0.2) is 0 Å². The van der Waals surface area contributed by atoms with E-state index in [0.29, 0.717) is 5.69 Å². The van der Waals surface area contributed by atoms with Crippen molar-refractivity contribution in [3.8, 4) is 0 Å². The van der Waals surface area contributed by atoms with Crippen molar-refractivity contribution in [1.29, 1.82) is 0 Å². The van der Waals surface area contributed by atoms with E-state index in [0.717, 1.165) is 9.80 Å². The first kappa shape index (κ1) is 13.6. The molecule has 0 unspecified atom stereocenters. The number of benzene rings is 1. The summed E-state index contributed by atoms with van der Waals surface area (Å²) >= 11 is 1.61. The fourth-order valence-corrected chi connectivity index (χ4v) is 2.23. The number of amides is 3. The number of likely N-dealkylation sites (tertiary alicyclic amines) is 1. The molecule has 5 nitrogen and oxygen atoms in total. The molecule has 0 radical (unpaired) electrons. The third-order valence-corrected chi connectivity index (χ3v) is 3.57. The number of thioether (sulfide) groups is 1. The Kier molecular flexibility index (Phi) is 4.21. The summed E-state index contributed by atoms with van der Waals surface area (Å²) in [6.45, 7) is -0.206. The Labute approximate surface area is 115 Å². The second-order valence-corrected chi connectivity index (χ2v) is 5.03. The molecule has 1 N–H and O–H groups in total. The van der Waals surface area contributed by atoms with Crippen LogP contribution in [-0.4, -0.2) is 35.4 Å². The minimum Gasteiger partial charge on any atom is -0.325 e. The predicted octanol–water partition coefficient (Wildman–Crippen LogP) is 1.50. The molecule has 0 atom stereocenters. The lowest BCUT2D eigenvalue weighted by molar-refractivity contribution is -0.141. The molecule has 1 aromatic carbocycles. The molecule has 2 rings (SSSR count). The molecule has 1 aliphatic heterocycles. The highest BCUT2D eigenvalue weighted by Crippen LogP contribution is 2.17. The maximum atomic E-state index is 11.8. The van der Waals surface area contributed by atoms with Crippen LogP contribution >= 0.6 is 11.8 Å². The van der Waals surface area contributed by atoms with Crippen LogP contribution in [0.1, 0.15) is 12.8 Å². The normalized spacial score (nSPS) is 14.9. The minimum absolute atomic E-state index is 0.203. The monoisotopic (exact) mass is 278 g/mol. The summed E-state index contributed by atoms with van der Waals surface area (Å²) in [7, 11) is 0. The van der Waals surface area contributed by atoms with Gasteiger partial charge in [-0.2, -0.15) is 0 Å². The molecule has 0 saturated carbocycles. The summed E-state index contributed by atoms with van der Waals surface area (Å²) < 4.78 is 0. The first-order chi connectivity index (χ1) is 9.10. The van der Waals surface area contributed by atoms with E-state index in [1.807, 2.05) is 18.4 Å². The van der Waals surface area contributed by atoms with Gasteiger partial charge in [-0.15, -0.1) is 11.8 Å². The summed E-state index contributed by atoms with van der Waals surface area (Å²) in [5.74, 6) is -0.920. The van der Waals surface area contributed by atoms with E-state index < -0.39 is 0 Å². The van der Waals surface area contributed by atoms with E-state index in [4.69, 9.17) is 0 Å². The van der Waals surface area contributed by atoms with Gasteiger partial charge in [-0.3, -0.25) is 19.3 Å². The van der Waals surface area contributed by atoms with E-state index in [1.54, 1.807) is 23.9 Å². The van der Waals surface area contributed by atoms with E-state index in [-0.39, 0.29) is 37.1 Å². The Morgan fingerprint density at radius 3 is 2.32 bits per heavy atom. The van der Waals surface area contributed by atoms with Crippen LogP contribution in [0.2, 0.25) is 0 Å². The van der Waals surface area contributed by atoms with Gasteiger partial charge in [0.05, 0.1) is 0 Å². The smallest absolute Gasteiger partial charge is 0.244 e. The molecule has 1 saturated heterocycles. The molecule has 0 aliphatic carbocycles. The highest BCUT2D eigenvalue weighted by atomic mass is 32.2. The lowest BCUT2D eigenvalue weighted by atomic mass is 10.3. The van der Waals surface area contributed by atoms with Crippen LogP contribution in [0.25, 0.3) is 0 Å². The third-order valence-electron chi connectivity index (χ3n) is 2.83. The SMILES string of the molecule is CSc1ccc(NC(=O)CN2C(=O)CCC2=O)cc1. The van der Waals surface area contributed by atoms with Crippen LogP contribution in [-0.2, 0) is 14.4 Å². The van der Waals surface area contributed by atoms with Gasteiger partial charge in [0.25, 0.3) is 0 Å². The van der Waals surface area contributed by atoms with Crippen molar-refractivity contribution in [1.82, 2.24) is 4.90 Å². The second kappa shape index (κ2) is 5.88. The number of nitrogens with one attached hydrogen (secondary N) is 1. The summed E-state index contributed by atoms with van der Waals surface area (Å²) in [6.07, 6.45) is 2.38. The first-order valence-electron chi connectivity index (χ1n) is 5.87.